The Morgan fingerprint density at radius 2 is 2.38 bits per heavy atom. The van der Waals surface area contributed by atoms with Crippen molar-refractivity contribution in [3.8, 4) is 6.07 Å². The van der Waals surface area contributed by atoms with Crippen molar-refractivity contribution in [3.05, 3.63) is 26.3 Å². The van der Waals surface area contributed by atoms with Gasteiger partial charge >= 0.3 is 0 Å². The highest BCUT2D eigenvalue weighted by Crippen LogP contribution is 2.49. The van der Waals surface area contributed by atoms with Crippen LogP contribution >= 0.6 is 27.5 Å². The zero-order chi connectivity index (χ0) is 11.8. The van der Waals surface area contributed by atoms with Crippen LogP contribution in [0.1, 0.15) is 19.3 Å². The van der Waals surface area contributed by atoms with E-state index in [-0.39, 0.29) is 20.6 Å². The van der Waals surface area contributed by atoms with Crippen LogP contribution in [-0.4, -0.2) is 9.55 Å². The fraction of sp³-hybridized carbons (Fsp3) is 0.500. The first-order valence-corrected chi connectivity index (χ1v) is 6.02. The summed E-state index contributed by atoms with van der Waals surface area (Å²) >= 11 is 8.81. The second-order valence-corrected chi connectivity index (χ2v) is 5.27. The summed E-state index contributed by atoms with van der Waals surface area (Å²) in [6, 6.07) is 2.16. The van der Waals surface area contributed by atoms with Crippen LogP contribution < -0.4 is 5.56 Å². The molecule has 84 valence electrons. The molecule has 1 fully saturated rings. The SMILES string of the molecule is N#CCC1(Cn2cnc(Cl)c(Br)c2=O)CC1. The van der Waals surface area contributed by atoms with Crippen LogP contribution in [0, 0.1) is 16.7 Å². The van der Waals surface area contributed by atoms with Crippen molar-refractivity contribution in [1.82, 2.24) is 9.55 Å². The second kappa shape index (κ2) is 4.19. The molecule has 0 spiro atoms. The molecule has 0 bridgehead atoms. The lowest BCUT2D eigenvalue weighted by Crippen LogP contribution is -2.25. The summed E-state index contributed by atoms with van der Waals surface area (Å²) in [5.74, 6) is 0. The molecule has 1 aromatic rings. The summed E-state index contributed by atoms with van der Waals surface area (Å²) in [6.07, 6.45) is 3.91. The van der Waals surface area contributed by atoms with E-state index >= 15 is 0 Å². The van der Waals surface area contributed by atoms with Gasteiger partial charge in [0, 0.05) is 18.4 Å². The number of rotatable bonds is 3. The van der Waals surface area contributed by atoms with Gasteiger partial charge < -0.3 is 0 Å². The molecule has 1 aromatic heterocycles. The lowest BCUT2D eigenvalue weighted by molar-refractivity contribution is 0.419. The monoisotopic (exact) mass is 301 g/mol. The molecule has 0 saturated heterocycles. The summed E-state index contributed by atoms with van der Waals surface area (Å²) in [7, 11) is 0. The molecule has 0 N–H and O–H groups in total. The van der Waals surface area contributed by atoms with Crippen LogP contribution in [0.15, 0.2) is 15.6 Å². The second-order valence-electron chi connectivity index (χ2n) is 4.12. The minimum Gasteiger partial charge on any atom is -0.298 e. The molecule has 0 amide bonds. The molecular weight excluding hydrogens is 293 g/mol. The van der Waals surface area contributed by atoms with Crippen molar-refractivity contribution in [3.63, 3.8) is 0 Å². The third-order valence-electron chi connectivity index (χ3n) is 2.86. The predicted octanol–water partition coefficient (Wildman–Crippen LogP) is 2.35. The first-order valence-electron chi connectivity index (χ1n) is 4.85. The van der Waals surface area contributed by atoms with E-state index in [4.69, 9.17) is 16.9 Å². The van der Waals surface area contributed by atoms with Gasteiger partial charge in [-0.15, -0.1) is 0 Å². The summed E-state index contributed by atoms with van der Waals surface area (Å²) in [4.78, 5) is 15.7. The van der Waals surface area contributed by atoms with Gasteiger partial charge in [-0.2, -0.15) is 5.26 Å². The molecule has 2 rings (SSSR count). The Bertz CT molecular complexity index is 516. The molecule has 0 aliphatic heterocycles. The Balaban J connectivity index is 2.27. The zero-order valence-corrected chi connectivity index (χ0v) is 10.8. The van der Waals surface area contributed by atoms with Crippen LogP contribution in [0.3, 0.4) is 0 Å². The Morgan fingerprint density at radius 1 is 1.69 bits per heavy atom. The summed E-state index contributed by atoms with van der Waals surface area (Å²) in [6.45, 7) is 0.544. The largest absolute Gasteiger partial charge is 0.298 e. The molecule has 16 heavy (non-hydrogen) atoms. The maximum Gasteiger partial charge on any atom is 0.269 e. The minimum atomic E-state index is -0.191. The molecule has 0 unspecified atom stereocenters. The van der Waals surface area contributed by atoms with E-state index in [1.807, 2.05) is 0 Å². The third-order valence-corrected chi connectivity index (χ3v) is 4.09. The number of aromatic nitrogens is 2. The first kappa shape index (κ1) is 11.6. The Kier molecular flexibility index (Phi) is 3.04. The number of hydrogen-bond acceptors (Lipinski definition) is 3. The third kappa shape index (κ3) is 2.13. The van der Waals surface area contributed by atoms with E-state index in [0.717, 1.165) is 12.8 Å². The summed E-state index contributed by atoms with van der Waals surface area (Å²) < 4.78 is 1.80. The highest BCUT2D eigenvalue weighted by Gasteiger charge is 2.43. The fourth-order valence-electron chi connectivity index (χ4n) is 1.65. The van der Waals surface area contributed by atoms with Gasteiger partial charge in [0.2, 0.25) is 0 Å². The molecule has 0 radical (unpaired) electrons. The van der Waals surface area contributed by atoms with Crippen molar-refractivity contribution in [1.29, 1.82) is 5.26 Å². The maximum absolute atomic E-state index is 11.8. The summed E-state index contributed by atoms with van der Waals surface area (Å²) in [5, 5.41) is 8.88. The predicted molar refractivity (Wildman–Crippen MR) is 63.1 cm³/mol. The zero-order valence-electron chi connectivity index (χ0n) is 8.41. The van der Waals surface area contributed by atoms with Crippen LogP contribution in [0.4, 0.5) is 0 Å². The Hall–Kier alpha value is -0.860. The molecule has 6 heteroatoms. The van der Waals surface area contributed by atoms with Crippen LogP contribution in [0.2, 0.25) is 5.15 Å². The van der Waals surface area contributed by atoms with E-state index in [9.17, 15) is 4.79 Å². The summed E-state index contributed by atoms with van der Waals surface area (Å²) in [5.41, 5.74) is -0.211. The average molecular weight is 303 g/mol. The van der Waals surface area contributed by atoms with Gasteiger partial charge in [-0.1, -0.05) is 11.6 Å². The number of nitrogens with zero attached hydrogens (tertiary/aromatic N) is 3. The van der Waals surface area contributed by atoms with E-state index in [1.54, 1.807) is 0 Å². The van der Waals surface area contributed by atoms with Crippen molar-refractivity contribution >= 4 is 27.5 Å². The molecule has 0 aromatic carbocycles. The van der Waals surface area contributed by atoms with Gasteiger partial charge in [0.25, 0.3) is 5.56 Å². The van der Waals surface area contributed by atoms with Crippen LogP contribution in [0.5, 0.6) is 0 Å². The topological polar surface area (TPSA) is 58.7 Å². The normalized spacial score (nSPS) is 16.8. The smallest absolute Gasteiger partial charge is 0.269 e. The molecule has 0 atom stereocenters. The van der Waals surface area contributed by atoms with E-state index in [0.29, 0.717) is 13.0 Å². The fourth-order valence-corrected chi connectivity index (χ4v) is 2.11. The van der Waals surface area contributed by atoms with E-state index < -0.39 is 0 Å². The number of halogens is 2. The highest BCUT2D eigenvalue weighted by atomic mass is 79.9. The molecule has 1 aliphatic carbocycles. The molecular formula is C10H9BrClN3O. The lowest BCUT2D eigenvalue weighted by Gasteiger charge is -2.13. The molecule has 1 saturated carbocycles. The van der Waals surface area contributed by atoms with Gasteiger partial charge in [0.15, 0.2) is 5.15 Å². The number of nitriles is 1. The standard InChI is InChI=1S/C10H9BrClN3O/c11-7-8(12)14-6-15(9(7)16)5-10(1-2-10)3-4-13/h6H,1-3,5H2. The van der Waals surface area contributed by atoms with Crippen molar-refractivity contribution in [2.24, 2.45) is 5.41 Å². The Morgan fingerprint density at radius 3 is 2.94 bits per heavy atom. The highest BCUT2D eigenvalue weighted by molar-refractivity contribution is 9.10. The van der Waals surface area contributed by atoms with E-state index in [2.05, 4.69) is 27.0 Å². The number of hydrogen-bond donors (Lipinski definition) is 0. The van der Waals surface area contributed by atoms with Gasteiger partial charge in [-0.25, -0.2) is 4.98 Å². The van der Waals surface area contributed by atoms with Crippen LogP contribution in [0.25, 0.3) is 0 Å². The van der Waals surface area contributed by atoms with Gasteiger partial charge in [0.05, 0.1) is 12.4 Å². The lowest BCUT2D eigenvalue weighted by atomic mass is 10.0. The van der Waals surface area contributed by atoms with Gasteiger partial charge in [-0.3, -0.25) is 9.36 Å². The maximum atomic E-state index is 11.8. The van der Waals surface area contributed by atoms with Gasteiger partial charge in [-0.05, 0) is 28.8 Å². The molecule has 1 heterocycles. The van der Waals surface area contributed by atoms with Crippen molar-refractivity contribution < 1.29 is 0 Å². The van der Waals surface area contributed by atoms with Crippen molar-refractivity contribution in [2.75, 3.05) is 0 Å². The van der Waals surface area contributed by atoms with Crippen LogP contribution in [-0.2, 0) is 6.54 Å². The Labute approximate surface area is 106 Å². The van der Waals surface area contributed by atoms with Gasteiger partial charge in [0.1, 0.15) is 4.47 Å². The molecule has 4 nitrogen and oxygen atoms in total. The quantitative estimate of drug-likeness (QED) is 0.805. The van der Waals surface area contributed by atoms with Crippen molar-refractivity contribution in [2.45, 2.75) is 25.8 Å². The molecule has 1 aliphatic rings. The van der Waals surface area contributed by atoms with E-state index in [1.165, 1.54) is 10.9 Å². The minimum absolute atomic E-state index is 0.0203. The first-order chi connectivity index (χ1) is 7.58. The average Bonchev–Trinajstić information content (AvgIpc) is 3.00.